The molecular formula is C57H107NO13. The van der Waals surface area contributed by atoms with Crippen molar-refractivity contribution in [1.82, 2.24) is 5.32 Å². The minimum absolute atomic E-state index is 0.250. The average Bonchev–Trinajstić information content (AvgIpc) is 3.37. The van der Waals surface area contributed by atoms with Crippen LogP contribution in [0.15, 0.2) is 24.3 Å². The summed E-state index contributed by atoms with van der Waals surface area (Å²) in [5.41, 5.74) is 0. The summed E-state index contributed by atoms with van der Waals surface area (Å²) in [6.45, 7) is 2.67. The second kappa shape index (κ2) is 43.7. The summed E-state index contributed by atoms with van der Waals surface area (Å²) < 4.78 is 22.6. The van der Waals surface area contributed by atoms with E-state index in [-0.39, 0.29) is 18.9 Å². The molecule has 0 bridgehead atoms. The normalized spacial score (nSPS) is 25.9. The number of carbonyl (C=O) groups excluding carboxylic acids is 1. The molecule has 0 spiro atoms. The zero-order chi connectivity index (χ0) is 51.7. The summed E-state index contributed by atoms with van der Waals surface area (Å²) >= 11 is 0. The lowest BCUT2D eigenvalue weighted by Crippen LogP contribution is -2.65. The molecule has 71 heavy (non-hydrogen) atoms. The number of aliphatic hydroxyl groups excluding tert-OH is 8. The molecule has 418 valence electrons. The van der Waals surface area contributed by atoms with Gasteiger partial charge in [0.05, 0.1) is 32.0 Å². The molecule has 14 nitrogen and oxygen atoms in total. The van der Waals surface area contributed by atoms with Gasteiger partial charge in [-0.15, -0.1) is 0 Å². The number of hydrogen-bond acceptors (Lipinski definition) is 13. The lowest BCUT2D eigenvalue weighted by Gasteiger charge is -2.46. The second-order valence-electron chi connectivity index (χ2n) is 20.8. The van der Waals surface area contributed by atoms with Crippen LogP contribution in [-0.4, -0.2) is 140 Å². The first kappa shape index (κ1) is 65.6. The first-order valence-corrected chi connectivity index (χ1v) is 29.1. The van der Waals surface area contributed by atoms with E-state index in [0.29, 0.717) is 12.8 Å². The summed E-state index contributed by atoms with van der Waals surface area (Å²) in [7, 11) is 0. The first-order chi connectivity index (χ1) is 34.6. The molecule has 2 fully saturated rings. The molecule has 2 saturated heterocycles. The Kier molecular flexibility index (Phi) is 40.4. The van der Waals surface area contributed by atoms with Gasteiger partial charge in [-0.05, 0) is 25.7 Å². The topological polar surface area (TPSA) is 228 Å². The SMILES string of the molecule is CCC/C=C/CC/C=C/C(O)C(COC1OC(CO)C(OC2OC(CO)C(O)C(O)C2O)C(O)C1O)NC(=O)CCCCCCCCCCCCCCCCCCCCCCCCCCCCCCCC. The zero-order valence-corrected chi connectivity index (χ0v) is 44.7. The monoisotopic (exact) mass is 1010 g/mol. The molecule has 0 aromatic heterocycles. The number of nitrogens with one attached hydrogen (secondary N) is 1. The molecule has 0 aliphatic carbocycles. The number of amides is 1. The lowest BCUT2D eigenvalue weighted by molar-refractivity contribution is -0.359. The molecule has 2 heterocycles. The molecule has 2 rings (SSSR count). The molecule has 12 unspecified atom stereocenters. The number of unbranched alkanes of at least 4 members (excludes halogenated alkanes) is 31. The van der Waals surface area contributed by atoms with Crippen LogP contribution in [-0.2, 0) is 23.7 Å². The van der Waals surface area contributed by atoms with Gasteiger partial charge in [0.25, 0.3) is 0 Å². The highest BCUT2D eigenvalue weighted by molar-refractivity contribution is 5.76. The highest BCUT2D eigenvalue weighted by atomic mass is 16.7. The van der Waals surface area contributed by atoms with Gasteiger partial charge >= 0.3 is 0 Å². The summed E-state index contributed by atoms with van der Waals surface area (Å²) in [6, 6.07) is -0.925. The summed E-state index contributed by atoms with van der Waals surface area (Å²) in [5.74, 6) is -0.250. The molecule has 2 aliphatic rings. The van der Waals surface area contributed by atoms with Gasteiger partial charge in [-0.1, -0.05) is 231 Å². The minimum Gasteiger partial charge on any atom is -0.394 e. The average molecular weight is 1010 g/mol. The van der Waals surface area contributed by atoms with Crippen LogP contribution in [0.4, 0.5) is 0 Å². The van der Waals surface area contributed by atoms with E-state index in [1.807, 2.05) is 6.08 Å². The van der Waals surface area contributed by atoms with E-state index in [1.54, 1.807) is 6.08 Å². The van der Waals surface area contributed by atoms with Crippen molar-refractivity contribution in [2.24, 2.45) is 0 Å². The Bertz CT molecular complexity index is 1290. The summed E-state index contributed by atoms with van der Waals surface area (Å²) in [5, 5.41) is 86.5. The van der Waals surface area contributed by atoms with Gasteiger partial charge < -0.3 is 65.1 Å². The van der Waals surface area contributed by atoms with Crippen molar-refractivity contribution in [3.63, 3.8) is 0 Å². The largest absolute Gasteiger partial charge is 0.394 e. The minimum atomic E-state index is -1.79. The van der Waals surface area contributed by atoms with Gasteiger partial charge in [0, 0.05) is 6.42 Å². The molecule has 1 amide bonds. The van der Waals surface area contributed by atoms with Gasteiger partial charge in [-0.3, -0.25) is 4.79 Å². The molecule has 0 aromatic carbocycles. The molecule has 0 saturated carbocycles. The molecule has 12 atom stereocenters. The number of hydrogen-bond donors (Lipinski definition) is 9. The highest BCUT2D eigenvalue weighted by Gasteiger charge is 2.51. The molecule has 0 aromatic rings. The Hall–Kier alpha value is -1.53. The maximum absolute atomic E-state index is 13.1. The number of carbonyl (C=O) groups is 1. The predicted octanol–water partition coefficient (Wildman–Crippen LogP) is 9.28. The standard InChI is InChI=1S/C57H107NO13/c1-3-5-7-9-11-12-13-14-15-16-17-18-19-20-21-22-23-24-25-26-27-28-29-30-31-32-33-35-37-39-41-49(62)58-45(46(61)40-38-36-34-10-8-6-4-2)44-68-56-54(67)52(65)55(48(43-60)70-56)71-57-53(66)51(64)50(63)47(42-59)69-57/h8,10,38,40,45-48,50-57,59-61,63-67H,3-7,9,11-37,39,41-44H2,1-2H3,(H,58,62)/b10-8+,40-38+. The highest BCUT2D eigenvalue weighted by Crippen LogP contribution is 2.30. The van der Waals surface area contributed by atoms with Crippen molar-refractivity contribution in [2.45, 2.75) is 312 Å². The van der Waals surface area contributed by atoms with Gasteiger partial charge in [0.2, 0.25) is 5.91 Å². The third-order valence-corrected chi connectivity index (χ3v) is 14.4. The first-order valence-electron chi connectivity index (χ1n) is 29.1. The Balaban J connectivity index is 1.59. The molecular weight excluding hydrogens is 907 g/mol. The number of ether oxygens (including phenoxy) is 4. The lowest BCUT2D eigenvalue weighted by atomic mass is 9.97. The van der Waals surface area contributed by atoms with E-state index in [0.717, 1.165) is 38.5 Å². The number of aliphatic hydroxyl groups is 8. The van der Waals surface area contributed by atoms with E-state index >= 15 is 0 Å². The Morgan fingerprint density at radius 3 is 1.35 bits per heavy atom. The third kappa shape index (κ3) is 30.0. The summed E-state index contributed by atoms with van der Waals surface area (Å²) in [6.07, 6.45) is 34.4. The maximum Gasteiger partial charge on any atom is 0.220 e. The Morgan fingerprint density at radius 2 is 0.901 bits per heavy atom. The van der Waals surface area contributed by atoms with Crippen LogP contribution in [0.3, 0.4) is 0 Å². The van der Waals surface area contributed by atoms with Crippen molar-refractivity contribution in [3.05, 3.63) is 24.3 Å². The fourth-order valence-corrected chi connectivity index (χ4v) is 9.67. The fraction of sp³-hybridized carbons (Fsp3) is 0.912. The number of rotatable bonds is 46. The van der Waals surface area contributed by atoms with E-state index in [4.69, 9.17) is 18.9 Å². The van der Waals surface area contributed by atoms with Crippen molar-refractivity contribution in [1.29, 1.82) is 0 Å². The molecule has 2 aliphatic heterocycles. The van der Waals surface area contributed by atoms with Crippen LogP contribution in [0.25, 0.3) is 0 Å². The van der Waals surface area contributed by atoms with Crippen molar-refractivity contribution < 1.29 is 64.6 Å². The Labute approximate surface area is 430 Å². The summed E-state index contributed by atoms with van der Waals surface area (Å²) in [4.78, 5) is 13.1. The van der Waals surface area contributed by atoms with Crippen molar-refractivity contribution >= 4 is 5.91 Å². The van der Waals surface area contributed by atoms with Crippen LogP contribution in [0, 0.1) is 0 Å². The van der Waals surface area contributed by atoms with Crippen molar-refractivity contribution in [3.8, 4) is 0 Å². The number of allylic oxidation sites excluding steroid dienone is 3. The van der Waals surface area contributed by atoms with Crippen LogP contribution in [0.1, 0.15) is 239 Å². The molecule has 14 heteroatoms. The second-order valence-corrected chi connectivity index (χ2v) is 20.8. The van der Waals surface area contributed by atoms with Crippen LogP contribution >= 0.6 is 0 Å². The molecule has 9 N–H and O–H groups in total. The maximum atomic E-state index is 13.1. The van der Waals surface area contributed by atoms with E-state index in [1.165, 1.54) is 167 Å². The van der Waals surface area contributed by atoms with Gasteiger partial charge in [0.15, 0.2) is 12.6 Å². The van der Waals surface area contributed by atoms with E-state index in [9.17, 15) is 45.6 Å². The van der Waals surface area contributed by atoms with Crippen LogP contribution < -0.4 is 5.32 Å². The van der Waals surface area contributed by atoms with Gasteiger partial charge in [-0.2, -0.15) is 0 Å². The van der Waals surface area contributed by atoms with Crippen molar-refractivity contribution in [2.75, 3.05) is 19.8 Å². The fourth-order valence-electron chi connectivity index (χ4n) is 9.67. The Morgan fingerprint density at radius 1 is 0.493 bits per heavy atom. The van der Waals surface area contributed by atoms with Crippen LogP contribution in [0.5, 0.6) is 0 Å². The quantitative estimate of drug-likeness (QED) is 0.0205. The zero-order valence-electron chi connectivity index (χ0n) is 44.7. The smallest absolute Gasteiger partial charge is 0.220 e. The van der Waals surface area contributed by atoms with Gasteiger partial charge in [0.1, 0.15) is 48.8 Å². The van der Waals surface area contributed by atoms with E-state index in [2.05, 4.69) is 31.3 Å². The van der Waals surface area contributed by atoms with Gasteiger partial charge in [-0.25, -0.2) is 0 Å². The molecule has 0 radical (unpaired) electrons. The predicted molar refractivity (Wildman–Crippen MR) is 282 cm³/mol. The van der Waals surface area contributed by atoms with E-state index < -0.39 is 86.8 Å². The van der Waals surface area contributed by atoms with Crippen LogP contribution in [0.2, 0.25) is 0 Å². The third-order valence-electron chi connectivity index (χ3n) is 14.4.